The SMILES string of the molecule is CC(=O)OC1C[C@](C)(O)[C@]23OC(C)(C)[C@H](C(OC(C)=O)[C@@H](OC(=O)c4ccccc4)C2(COC(=O)C(C)C)C1OC(C)=O)[C@H]3OC(C)=O. The first-order valence-electron chi connectivity index (χ1n) is 15.8. The summed E-state index contributed by atoms with van der Waals surface area (Å²) in [5.41, 5.74) is -7.97. The third-order valence-electron chi connectivity index (χ3n) is 9.42. The Hall–Kier alpha value is -4.04. The Labute approximate surface area is 278 Å². The second-order valence-electron chi connectivity index (χ2n) is 13.7. The number of aliphatic hydroxyl groups is 1. The number of carbonyl (C=O) groups excluding carboxylic acids is 6. The smallest absolute Gasteiger partial charge is 0.338 e. The lowest BCUT2D eigenvalue weighted by Crippen LogP contribution is -2.85. The fourth-order valence-electron chi connectivity index (χ4n) is 7.95. The molecule has 3 aliphatic rings. The Morgan fingerprint density at radius 3 is 1.85 bits per heavy atom. The van der Waals surface area contributed by atoms with E-state index in [1.54, 1.807) is 45.9 Å². The number of fused-ring (bicyclic) bond motifs is 1. The van der Waals surface area contributed by atoms with Gasteiger partial charge < -0.3 is 38.3 Å². The molecule has 1 aromatic carbocycles. The quantitative estimate of drug-likeness (QED) is 0.297. The Bertz CT molecular complexity index is 1450. The summed E-state index contributed by atoms with van der Waals surface area (Å²) >= 11 is 0. The van der Waals surface area contributed by atoms with Crippen molar-refractivity contribution in [3.63, 3.8) is 0 Å². The summed E-state index contributed by atoms with van der Waals surface area (Å²) in [6, 6.07) is 7.83. The first kappa shape index (κ1) is 36.8. The summed E-state index contributed by atoms with van der Waals surface area (Å²) in [5.74, 6) is -6.78. The third kappa shape index (κ3) is 6.15. The second kappa shape index (κ2) is 13.1. The van der Waals surface area contributed by atoms with Gasteiger partial charge in [0.05, 0.1) is 28.6 Å². The molecule has 14 nitrogen and oxygen atoms in total. The van der Waals surface area contributed by atoms with E-state index in [1.165, 1.54) is 19.1 Å². The Morgan fingerprint density at radius 1 is 0.792 bits per heavy atom. The normalized spacial score (nSPS) is 34.6. The van der Waals surface area contributed by atoms with Gasteiger partial charge in [0.15, 0.2) is 17.8 Å². The van der Waals surface area contributed by atoms with E-state index in [9.17, 15) is 33.9 Å². The molecule has 1 saturated heterocycles. The van der Waals surface area contributed by atoms with Crippen LogP contribution in [0.15, 0.2) is 30.3 Å². The summed E-state index contributed by atoms with van der Waals surface area (Å²) < 4.78 is 42.5. The van der Waals surface area contributed by atoms with Crippen molar-refractivity contribution in [2.45, 2.75) is 116 Å². The van der Waals surface area contributed by atoms with E-state index in [-0.39, 0.29) is 5.56 Å². The summed E-state index contributed by atoms with van der Waals surface area (Å²) in [4.78, 5) is 78.3. The summed E-state index contributed by atoms with van der Waals surface area (Å²) in [7, 11) is 0. The molecule has 4 unspecified atom stereocenters. The van der Waals surface area contributed by atoms with E-state index in [0.717, 1.165) is 27.7 Å². The van der Waals surface area contributed by atoms with Crippen molar-refractivity contribution in [1.29, 1.82) is 0 Å². The van der Waals surface area contributed by atoms with Crippen LogP contribution in [0.1, 0.15) is 79.1 Å². The fraction of sp³-hybridized carbons (Fsp3) is 0.647. The van der Waals surface area contributed by atoms with Gasteiger partial charge in [-0.1, -0.05) is 32.0 Å². The van der Waals surface area contributed by atoms with Crippen molar-refractivity contribution >= 4 is 35.8 Å². The molecule has 1 N–H and O–H groups in total. The van der Waals surface area contributed by atoms with E-state index >= 15 is 0 Å². The number of rotatable bonds is 9. The lowest BCUT2D eigenvalue weighted by atomic mass is 9.45. The predicted octanol–water partition coefficient (Wildman–Crippen LogP) is 2.46. The summed E-state index contributed by atoms with van der Waals surface area (Å²) in [6.45, 7) is 11.4. The zero-order chi connectivity index (χ0) is 36.0. The monoisotopic (exact) mass is 676 g/mol. The largest absolute Gasteiger partial charge is 0.464 e. The standard InChI is InChI=1S/C34H44O14/c1-17(2)29(39)42-16-33-26(45-20(5)37)23(43-18(3)35)15-32(9,41)34(33)27(46-21(6)38)24(31(7,8)48-34)25(44-19(4)36)28(33)47-30(40)22-13-11-10-12-14-22/h10-14,17,23-28,41H,15-16H2,1-9H3/t23?,24-,25?,26?,27-,28-,32+,33?,34+/m1/s1. The lowest BCUT2D eigenvalue weighted by Gasteiger charge is -2.66. The molecule has 0 radical (unpaired) electrons. The first-order chi connectivity index (χ1) is 22.2. The van der Waals surface area contributed by atoms with Gasteiger partial charge >= 0.3 is 35.8 Å². The zero-order valence-corrected chi connectivity index (χ0v) is 28.6. The van der Waals surface area contributed by atoms with Crippen LogP contribution in [0.4, 0.5) is 0 Å². The van der Waals surface area contributed by atoms with Gasteiger partial charge in [0.2, 0.25) is 0 Å². The molecule has 1 aliphatic heterocycles. The van der Waals surface area contributed by atoms with Crippen molar-refractivity contribution < 1.29 is 67.0 Å². The number of hydrogen-bond donors (Lipinski definition) is 1. The maximum absolute atomic E-state index is 14.0. The van der Waals surface area contributed by atoms with E-state index in [4.69, 9.17) is 33.2 Å². The number of hydrogen-bond acceptors (Lipinski definition) is 14. The van der Waals surface area contributed by atoms with Crippen LogP contribution in [0.3, 0.4) is 0 Å². The Kier molecular flexibility index (Phi) is 10.0. The predicted molar refractivity (Wildman–Crippen MR) is 163 cm³/mol. The molecule has 0 aromatic heterocycles. The minimum absolute atomic E-state index is 0.0835. The number of carbonyl (C=O) groups is 6. The number of benzene rings is 1. The van der Waals surface area contributed by atoms with Crippen LogP contribution in [0.5, 0.6) is 0 Å². The highest BCUT2D eigenvalue weighted by Gasteiger charge is 2.89. The maximum atomic E-state index is 14.0. The lowest BCUT2D eigenvalue weighted by molar-refractivity contribution is -0.363. The van der Waals surface area contributed by atoms with Crippen LogP contribution in [0.2, 0.25) is 0 Å². The fourth-order valence-corrected chi connectivity index (χ4v) is 7.95. The van der Waals surface area contributed by atoms with Crippen molar-refractivity contribution in [2.24, 2.45) is 17.3 Å². The van der Waals surface area contributed by atoms with E-state index < -0.39 is 113 Å². The van der Waals surface area contributed by atoms with E-state index in [0.29, 0.717) is 0 Å². The first-order valence-corrected chi connectivity index (χ1v) is 15.8. The molecule has 4 rings (SSSR count). The molecule has 2 bridgehead atoms. The van der Waals surface area contributed by atoms with Gasteiger partial charge in [-0.25, -0.2) is 4.79 Å². The molecule has 14 heteroatoms. The highest BCUT2D eigenvalue weighted by atomic mass is 16.7. The molecule has 0 amide bonds. The Morgan fingerprint density at radius 2 is 1.33 bits per heavy atom. The molecule has 2 saturated carbocycles. The van der Waals surface area contributed by atoms with Crippen LogP contribution in [0, 0.1) is 17.3 Å². The van der Waals surface area contributed by atoms with Crippen LogP contribution in [-0.2, 0) is 57.1 Å². The summed E-state index contributed by atoms with van der Waals surface area (Å²) in [6.07, 6.45) is -8.32. The Balaban J connectivity index is 2.18. The molecular weight excluding hydrogens is 632 g/mol. The molecule has 1 heterocycles. The van der Waals surface area contributed by atoms with Gasteiger partial charge in [0.25, 0.3) is 0 Å². The van der Waals surface area contributed by atoms with Crippen LogP contribution >= 0.6 is 0 Å². The molecule has 9 atom stereocenters. The maximum Gasteiger partial charge on any atom is 0.338 e. The second-order valence-corrected chi connectivity index (χ2v) is 13.7. The van der Waals surface area contributed by atoms with Gasteiger partial charge in [0.1, 0.15) is 30.3 Å². The van der Waals surface area contributed by atoms with Crippen LogP contribution in [0.25, 0.3) is 0 Å². The highest BCUT2D eigenvalue weighted by molar-refractivity contribution is 5.89. The molecule has 3 fully saturated rings. The van der Waals surface area contributed by atoms with E-state index in [2.05, 4.69) is 0 Å². The van der Waals surface area contributed by atoms with Gasteiger partial charge in [0, 0.05) is 34.1 Å². The molecular formula is C34H44O14. The average Bonchev–Trinajstić information content (AvgIpc) is 3.16. The van der Waals surface area contributed by atoms with Crippen molar-refractivity contribution in [3.8, 4) is 0 Å². The minimum Gasteiger partial charge on any atom is -0.464 e. The topological polar surface area (TPSA) is 187 Å². The van der Waals surface area contributed by atoms with Gasteiger partial charge in [-0.3, -0.25) is 24.0 Å². The van der Waals surface area contributed by atoms with Crippen LogP contribution < -0.4 is 0 Å². The molecule has 2 aliphatic carbocycles. The summed E-state index contributed by atoms with van der Waals surface area (Å²) in [5, 5.41) is 12.6. The molecule has 264 valence electrons. The average molecular weight is 677 g/mol. The third-order valence-corrected chi connectivity index (χ3v) is 9.42. The molecule has 1 spiro atoms. The number of esters is 6. The molecule has 1 aromatic rings. The number of ether oxygens (including phenoxy) is 7. The van der Waals surface area contributed by atoms with Gasteiger partial charge in [-0.15, -0.1) is 0 Å². The minimum atomic E-state index is -2.26. The van der Waals surface area contributed by atoms with Crippen molar-refractivity contribution in [1.82, 2.24) is 0 Å². The molecule has 48 heavy (non-hydrogen) atoms. The van der Waals surface area contributed by atoms with Crippen molar-refractivity contribution in [2.75, 3.05) is 6.61 Å². The van der Waals surface area contributed by atoms with Gasteiger partial charge in [-0.2, -0.15) is 0 Å². The van der Waals surface area contributed by atoms with Crippen molar-refractivity contribution in [3.05, 3.63) is 35.9 Å². The van der Waals surface area contributed by atoms with Gasteiger partial charge in [-0.05, 0) is 32.9 Å². The highest BCUT2D eigenvalue weighted by Crippen LogP contribution is 2.69. The van der Waals surface area contributed by atoms with Crippen LogP contribution in [-0.4, -0.2) is 94.9 Å². The zero-order valence-electron chi connectivity index (χ0n) is 28.6. The van der Waals surface area contributed by atoms with E-state index in [1.807, 2.05) is 0 Å².